The van der Waals surface area contributed by atoms with Gasteiger partial charge in [-0.25, -0.2) is 0 Å². The van der Waals surface area contributed by atoms with Gasteiger partial charge in [0.05, 0.1) is 24.0 Å². The lowest BCUT2D eigenvalue weighted by atomic mass is 10.1. The molecule has 1 saturated heterocycles. The molecule has 19 heavy (non-hydrogen) atoms. The molecule has 0 bridgehead atoms. The van der Waals surface area contributed by atoms with E-state index in [1.165, 1.54) is 0 Å². The second kappa shape index (κ2) is 5.90. The highest BCUT2D eigenvalue weighted by atomic mass is 79.9. The molecule has 0 aliphatic carbocycles. The molecule has 2 rings (SSSR count). The third-order valence-electron chi connectivity index (χ3n) is 3.25. The third-order valence-corrected chi connectivity index (χ3v) is 3.74. The van der Waals surface area contributed by atoms with E-state index in [1.807, 2.05) is 19.1 Å². The van der Waals surface area contributed by atoms with Crippen LogP contribution in [0.1, 0.15) is 17.3 Å². The van der Waals surface area contributed by atoms with Gasteiger partial charge >= 0.3 is 0 Å². The Morgan fingerprint density at radius 1 is 1.58 bits per heavy atom. The first kappa shape index (κ1) is 14.3. The number of primary amides is 1. The van der Waals surface area contributed by atoms with Gasteiger partial charge in [-0.05, 0) is 25.1 Å². The maximum absolute atomic E-state index is 11.5. The summed E-state index contributed by atoms with van der Waals surface area (Å²) < 4.78 is 6.54. The second-order valence-electron chi connectivity index (χ2n) is 4.74. The van der Waals surface area contributed by atoms with Crippen LogP contribution in [-0.4, -0.2) is 37.7 Å². The molecule has 0 spiro atoms. The molecule has 2 atom stereocenters. The number of amides is 1. The van der Waals surface area contributed by atoms with Crippen LogP contribution in [0.2, 0.25) is 0 Å². The van der Waals surface area contributed by atoms with Gasteiger partial charge < -0.3 is 21.1 Å². The van der Waals surface area contributed by atoms with Crippen LogP contribution in [0.4, 0.5) is 5.69 Å². The minimum absolute atomic E-state index is 0.0338. The Balaban J connectivity index is 2.30. The summed E-state index contributed by atoms with van der Waals surface area (Å²) in [6.07, 6.45) is -0.0338. The fourth-order valence-corrected chi connectivity index (χ4v) is 2.54. The molecule has 6 heteroatoms. The number of hydrogen-bond acceptors (Lipinski definition) is 4. The minimum atomic E-state index is -0.425. The van der Waals surface area contributed by atoms with E-state index in [-0.39, 0.29) is 12.1 Å². The molecule has 1 fully saturated rings. The number of nitrogens with two attached hydrogens (primary N) is 2. The number of anilines is 1. The number of benzene rings is 1. The van der Waals surface area contributed by atoms with Gasteiger partial charge in [0, 0.05) is 23.6 Å². The van der Waals surface area contributed by atoms with Crippen molar-refractivity contribution in [1.82, 2.24) is 0 Å². The van der Waals surface area contributed by atoms with Crippen LogP contribution in [0.25, 0.3) is 0 Å². The van der Waals surface area contributed by atoms with E-state index in [0.717, 1.165) is 16.7 Å². The summed E-state index contributed by atoms with van der Waals surface area (Å²) in [5.41, 5.74) is 12.7. The minimum Gasteiger partial charge on any atom is -0.373 e. The molecular weight excluding hydrogens is 310 g/mol. The smallest absolute Gasteiger partial charge is 0.250 e. The predicted octanol–water partition coefficient (Wildman–Crippen LogP) is 1.10. The molecule has 104 valence electrons. The Labute approximate surface area is 121 Å². The average molecular weight is 328 g/mol. The Bertz CT molecular complexity index is 479. The molecule has 2 unspecified atom stereocenters. The molecule has 4 N–H and O–H groups in total. The molecule has 0 aromatic heterocycles. The molecule has 1 aromatic carbocycles. The van der Waals surface area contributed by atoms with E-state index in [2.05, 4.69) is 20.8 Å². The van der Waals surface area contributed by atoms with Crippen LogP contribution >= 0.6 is 15.9 Å². The molecule has 1 aliphatic rings. The number of halogens is 1. The van der Waals surface area contributed by atoms with Crippen LogP contribution in [0.5, 0.6) is 0 Å². The van der Waals surface area contributed by atoms with Gasteiger partial charge in [0.15, 0.2) is 0 Å². The highest BCUT2D eigenvalue weighted by Gasteiger charge is 2.25. The van der Waals surface area contributed by atoms with Crippen molar-refractivity contribution in [2.75, 3.05) is 24.6 Å². The third kappa shape index (κ3) is 3.26. The molecule has 0 saturated carbocycles. The fourth-order valence-electron chi connectivity index (χ4n) is 2.19. The van der Waals surface area contributed by atoms with Crippen molar-refractivity contribution in [2.45, 2.75) is 19.1 Å². The fraction of sp³-hybridized carbons (Fsp3) is 0.462. The van der Waals surface area contributed by atoms with Gasteiger partial charge in [-0.15, -0.1) is 0 Å². The Morgan fingerprint density at radius 2 is 2.32 bits per heavy atom. The summed E-state index contributed by atoms with van der Waals surface area (Å²) in [4.78, 5) is 13.6. The van der Waals surface area contributed by atoms with Crippen molar-refractivity contribution in [1.29, 1.82) is 0 Å². The van der Waals surface area contributed by atoms with Crippen molar-refractivity contribution < 1.29 is 9.53 Å². The Morgan fingerprint density at radius 3 is 2.95 bits per heavy atom. The number of carbonyl (C=O) groups excluding carboxylic acids is 1. The number of carbonyl (C=O) groups is 1. The Kier molecular flexibility index (Phi) is 4.44. The highest BCUT2D eigenvalue weighted by Crippen LogP contribution is 2.27. The zero-order valence-electron chi connectivity index (χ0n) is 10.8. The number of morpholine rings is 1. The lowest BCUT2D eigenvalue weighted by molar-refractivity contribution is 0.0275. The van der Waals surface area contributed by atoms with Gasteiger partial charge in [-0.2, -0.15) is 0 Å². The van der Waals surface area contributed by atoms with E-state index in [9.17, 15) is 4.79 Å². The molecule has 1 heterocycles. The van der Waals surface area contributed by atoms with Crippen LogP contribution < -0.4 is 16.4 Å². The number of rotatable bonds is 3. The summed E-state index contributed by atoms with van der Waals surface area (Å²) in [6, 6.07) is 5.40. The molecule has 1 aromatic rings. The SMILES string of the molecule is CC(N)C1CN(c2cc(Br)ccc2C(N)=O)CCO1. The van der Waals surface area contributed by atoms with E-state index < -0.39 is 5.91 Å². The van der Waals surface area contributed by atoms with Crippen molar-refractivity contribution in [3.8, 4) is 0 Å². The number of ether oxygens (including phenoxy) is 1. The summed E-state index contributed by atoms with van der Waals surface area (Å²) in [5.74, 6) is -0.425. The van der Waals surface area contributed by atoms with E-state index in [1.54, 1.807) is 6.07 Å². The predicted molar refractivity (Wildman–Crippen MR) is 78.3 cm³/mol. The summed E-state index contributed by atoms with van der Waals surface area (Å²) in [7, 11) is 0. The lowest BCUT2D eigenvalue weighted by Crippen LogP contribution is -2.50. The average Bonchev–Trinajstić information content (AvgIpc) is 2.38. The normalized spacial score (nSPS) is 21.2. The van der Waals surface area contributed by atoms with Crippen molar-refractivity contribution in [3.05, 3.63) is 28.2 Å². The summed E-state index contributed by atoms with van der Waals surface area (Å²) in [5, 5.41) is 0. The van der Waals surface area contributed by atoms with Crippen LogP contribution in [0.3, 0.4) is 0 Å². The first-order valence-corrected chi connectivity index (χ1v) is 7.00. The molecule has 1 aliphatic heterocycles. The van der Waals surface area contributed by atoms with Gasteiger partial charge in [-0.1, -0.05) is 15.9 Å². The van der Waals surface area contributed by atoms with Crippen LogP contribution in [0.15, 0.2) is 22.7 Å². The monoisotopic (exact) mass is 327 g/mol. The molecule has 0 radical (unpaired) electrons. The van der Waals surface area contributed by atoms with Gasteiger partial charge in [0.2, 0.25) is 0 Å². The lowest BCUT2D eigenvalue weighted by Gasteiger charge is -2.36. The first-order valence-electron chi connectivity index (χ1n) is 6.20. The van der Waals surface area contributed by atoms with E-state index >= 15 is 0 Å². The van der Waals surface area contributed by atoms with Gasteiger partial charge in [0.25, 0.3) is 5.91 Å². The maximum atomic E-state index is 11.5. The topological polar surface area (TPSA) is 81.6 Å². The largest absolute Gasteiger partial charge is 0.373 e. The van der Waals surface area contributed by atoms with Crippen LogP contribution in [-0.2, 0) is 4.74 Å². The zero-order valence-corrected chi connectivity index (χ0v) is 12.4. The molecule has 1 amide bonds. The van der Waals surface area contributed by atoms with Gasteiger partial charge in [0.1, 0.15) is 0 Å². The number of hydrogen-bond donors (Lipinski definition) is 2. The van der Waals surface area contributed by atoms with Crippen molar-refractivity contribution >= 4 is 27.5 Å². The standard InChI is InChI=1S/C13H18BrN3O2/c1-8(15)12-7-17(4-5-19-12)11-6-9(14)2-3-10(11)13(16)18/h2-3,6,8,12H,4-5,7,15H2,1H3,(H2,16,18). The molecular formula is C13H18BrN3O2. The summed E-state index contributed by atoms with van der Waals surface area (Å²) >= 11 is 3.42. The maximum Gasteiger partial charge on any atom is 0.250 e. The van der Waals surface area contributed by atoms with Crippen LogP contribution in [0, 0.1) is 0 Å². The highest BCUT2D eigenvalue weighted by molar-refractivity contribution is 9.10. The zero-order chi connectivity index (χ0) is 14.0. The van der Waals surface area contributed by atoms with Crippen molar-refractivity contribution in [2.24, 2.45) is 11.5 Å². The van der Waals surface area contributed by atoms with E-state index in [0.29, 0.717) is 18.7 Å². The van der Waals surface area contributed by atoms with E-state index in [4.69, 9.17) is 16.2 Å². The summed E-state index contributed by atoms with van der Waals surface area (Å²) in [6.45, 7) is 3.90. The number of nitrogens with zero attached hydrogens (tertiary/aromatic N) is 1. The van der Waals surface area contributed by atoms with Crippen molar-refractivity contribution in [3.63, 3.8) is 0 Å². The quantitative estimate of drug-likeness (QED) is 0.871. The second-order valence-corrected chi connectivity index (χ2v) is 5.66. The Hall–Kier alpha value is -1.11. The van der Waals surface area contributed by atoms with Gasteiger partial charge in [-0.3, -0.25) is 4.79 Å². The molecule has 5 nitrogen and oxygen atoms in total. The first-order chi connectivity index (χ1) is 8.99.